The van der Waals surface area contributed by atoms with E-state index in [1.807, 2.05) is 25.8 Å². The van der Waals surface area contributed by atoms with Crippen molar-refractivity contribution >= 4 is 11.6 Å². The first-order valence-electron chi connectivity index (χ1n) is 6.61. The van der Waals surface area contributed by atoms with Crippen molar-refractivity contribution in [1.82, 2.24) is 10.1 Å². The van der Waals surface area contributed by atoms with Gasteiger partial charge in [-0.05, 0) is 39.1 Å². The molecular weight excluding hydrogens is 273 g/mol. The Hall–Kier alpha value is -2.21. The van der Waals surface area contributed by atoms with E-state index in [1.54, 1.807) is 12.1 Å². The molecule has 0 unspecified atom stereocenters. The largest absolute Gasteiger partial charge is 0.361 e. The van der Waals surface area contributed by atoms with Crippen LogP contribution in [0.4, 0.5) is 10.1 Å². The van der Waals surface area contributed by atoms with Crippen molar-refractivity contribution < 1.29 is 13.7 Å². The number of likely N-dealkylation sites (N-methyl/N-ethyl adjacent to an activating group) is 1. The van der Waals surface area contributed by atoms with E-state index >= 15 is 0 Å². The Morgan fingerprint density at radius 1 is 1.43 bits per heavy atom. The Kier molecular flexibility index (Phi) is 4.70. The van der Waals surface area contributed by atoms with Crippen molar-refractivity contribution in [2.75, 3.05) is 18.9 Å². The molecule has 0 spiro atoms. The molecule has 0 aliphatic rings. The number of nitrogens with zero attached hydrogens (tertiary/aromatic N) is 2. The van der Waals surface area contributed by atoms with Crippen LogP contribution in [0.3, 0.4) is 0 Å². The number of benzene rings is 1. The molecule has 0 aliphatic heterocycles. The highest BCUT2D eigenvalue weighted by molar-refractivity contribution is 5.92. The topological polar surface area (TPSA) is 58.4 Å². The SMILES string of the molecule is Cc1noc(C)c1CN(C)CC(=O)Nc1cccc(F)c1. The van der Waals surface area contributed by atoms with Gasteiger partial charge in [-0.25, -0.2) is 4.39 Å². The van der Waals surface area contributed by atoms with Crippen LogP contribution in [0.1, 0.15) is 17.0 Å². The summed E-state index contributed by atoms with van der Waals surface area (Å²) < 4.78 is 18.1. The van der Waals surface area contributed by atoms with Crippen molar-refractivity contribution in [3.8, 4) is 0 Å². The van der Waals surface area contributed by atoms with E-state index in [9.17, 15) is 9.18 Å². The molecule has 0 saturated carbocycles. The second-order valence-electron chi connectivity index (χ2n) is 5.03. The molecule has 0 bridgehead atoms. The Morgan fingerprint density at radius 3 is 2.81 bits per heavy atom. The van der Waals surface area contributed by atoms with Crippen LogP contribution in [-0.2, 0) is 11.3 Å². The lowest BCUT2D eigenvalue weighted by molar-refractivity contribution is -0.117. The van der Waals surface area contributed by atoms with Crippen molar-refractivity contribution in [3.63, 3.8) is 0 Å². The highest BCUT2D eigenvalue weighted by Crippen LogP contribution is 2.14. The summed E-state index contributed by atoms with van der Waals surface area (Å²) in [5, 5.41) is 6.54. The van der Waals surface area contributed by atoms with Gasteiger partial charge in [0.15, 0.2) is 0 Å². The Bertz CT molecular complexity index is 620. The fourth-order valence-electron chi connectivity index (χ4n) is 2.07. The Morgan fingerprint density at radius 2 is 2.19 bits per heavy atom. The molecule has 0 aliphatic carbocycles. The summed E-state index contributed by atoms with van der Waals surface area (Å²) in [4.78, 5) is 13.8. The number of hydrogen-bond donors (Lipinski definition) is 1. The molecule has 0 fully saturated rings. The summed E-state index contributed by atoms with van der Waals surface area (Å²) in [6.45, 7) is 4.47. The lowest BCUT2D eigenvalue weighted by Crippen LogP contribution is -2.30. The highest BCUT2D eigenvalue weighted by Gasteiger charge is 2.13. The maximum absolute atomic E-state index is 13.0. The third kappa shape index (κ3) is 4.13. The van der Waals surface area contributed by atoms with Crippen LogP contribution in [-0.4, -0.2) is 29.6 Å². The number of rotatable bonds is 5. The fourth-order valence-corrected chi connectivity index (χ4v) is 2.07. The number of halogens is 1. The van der Waals surface area contributed by atoms with E-state index in [2.05, 4.69) is 10.5 Å². The zero-order valence-corrected chi connectivity index (χ0v) is 12.3. The van der Waals surface area contributed by atoms with Gasteiger partial charge >= 0.3 is 0 Å². The minimum atomic E-state index is -0.378. The molecule has 1 heterocycles. The Balaban J connectivity index is 1.90. The summed E-state index contributed by atoms with van der Waals surface area (Å²) >= 11 is 0. The van der Waals surface area contributed by atoms with E-state index in [4.69, 9.17) is 4.52 Å². The van der Waals surface area contributed by atoms with Crippen molar-refractivity contribution in [3.05, 3.63) is 47.1 Å². The molecule has 21 heavy (non-hydrogen) atoms. The summed E-state index contributed by atoms with van der Waals surface area (Å²) in [6.07, 6.45) is 0. The van der Waals surface area contributed by atoms with Gasteiger partial charge in [0.25, 0.3) is 0 Å². The number of aromatic nitrogens is 1. The fraction of sp³-hybridized carbons (Fsp3) is 0.333. The van der Waals surface area contributed by atoms with Crippen molar-refractivity contribution in [1.29, 1.82) is 0 Å². The predicted molar refractivity (Wildman–Crippen MR) is 77.3 cm³/mol. The monoisotopic (exact) mass is 291 g/mol. The van der Waals surface area contributed by atoms with Gasteiger partial charge in [0.1, 0.15) is 11.6 Å². The molecule has 0 radical (unpaired) electrons. The maximum atomic E-state index is 13.0. The first kappa shape index (κ1) is 15.2. The predicted octanol–water partition coefficient (Wildman–Crippen LogP) is 2.50. The average molecular weight is 291 g/mol. The van der Waals surface area contributed by atoms with E-state index in [1.165, 1.54) is 12.1 Å². The van der Waals surface area contributed by atoms with Gasteiger partial charge < -0.3 is 9.84 Å². The molecule has 1 aromatic heterocycles. The summed E-state index contributed by atoms with van der Waals surface area (Å²) in [7, 11) is 1.83. The van der Waals surface area contributed by atoms with Crippen LogP contribution < -0.4 is 5.32 Å². The molecule has 1 N–H and O–H groups in total. The highest BCUT2D eigenvalue weighted by atomic mass is 19.1. The molecule has 2 rings (SSSR count). The number of nitrogens with one attached hydrogen (secondary N) is 1. The van der Waals surface area contributed by atoms with Crippen LogP contribution in [0.25, 0.3) is 0 Å². The first-order valence-corrected chi connectivity index (χ1v) is 6.61. The van der Waals surface area contributed by atoms with Gasteiger partial charge in [-0.3, -0.25) is 9.69 Å². The molecular formula is C15H18FN3O2. The molecule has 0 atom stereocenters. The third-order valence-electron chi connectivity index (χ3n) is 3.13. The standard InChI is InChI=1S/C15H18FN3O2/c1-10-14(11(2)21-18-10)8-19(3)9-15(20)17-13-6-4-5-12(16)7-13/h4-7H,8-9H2,1-3H3,(H,17,20). The van der Waals surface area contributed by atoms with E-state index < -0.39 is 0 Å². The van der Waals surface area contributed by atoms with E-state index in [0.29, 0.717) is 12.2 Å². The first-order chi connectivity index (χ1) is 9.95. The summed E-state index contributed by atoms with van der Waals surface area (Å²) in [6, 6.07) is 5.82. The van der Waals surface area contributed by atoms with Crippen molar-refractivity contribution in [2.24, 2.45) is 0 Å². The molecule has 2 aromatic rings. The molecule has 5 nitrogen and oxygen atoms in total. The average Bonchev–Trinajstić information content (AvgIpc) is 2.70. The lowest BCUT2D eigenvalue weighted by atomic mass is 10.2. The number of amides is 1. The second kappa shape index (κ2) is 6.49. The summed E-state index contributed by atoms with van der Waals surface area (Å²) in [5.74, 6) is 0.177. The summed E-state index contributed by atoms with van der Waals surface area (Å²) in [5.41, 5.74) is 2.26. The van der Waals surface area contributed by atoms with Crippen LogP contribution in [0.2, 0.25) is 0 Å². The number of hydrogen-bond acceptors (Lipinski definition) is 4. The van der Waals surface area contributed by atoms with Crippen LogP contribution in [0, 0.1) is 19.7 Å². The van der Waals surface area contributed by atoms with Crippen LogP contribution >= 0.6 is 0 Å². The number of aryl methyl sites for hydroxylation is 2. The number of carbonyl (C=O) groups excluding carboxylic acids is 1. The maximum Gasteiger partial charge on any atom is 0.238 e. The molecule has 1 amide bonds. The molecule has 1 aromatic carbocycles. The van der Waals surface area contributed by atoms with E-state index in [0.717, 1.165) is 17.0 Å². The van der Waals surface area contributed by atoms with Crippen LogP contribution in [0.15, 0.2) is 28.8 Å². The van der Waals surface area contributed by atoms with Gasteiger partial charge in [-0.15, -0.1) is 0 Å². The lowest BCUT2D eigenvalue weighted by Gasteiger charge is -2.16. The Labute approximate surface area is 122 Å². The smallest absolute Gasteiger partial charge is 0.238 e. The molecule has 6 heteroatoms. The molecule has 0 saturated heterocycles. The van der Waals surface area contributed by atoms with Gasteiger partial charge in [-0.1, -0.05) is 11.2 Å². The van der Waals surface area contributed by atoms with Gasteiger partial charge in [-0.2, -0.15) is 0 Å². The zero-order valence-electron chi connectivity index (χ0n) is 12.3. The normalized spacial score (nSPS) is 10.9. The number of anilines is 1. The van der Waals surface area contributed by atoms with Crippen LogP contribution in [0.5, 0.6) is 0 Å². The molecule has 112 valence electrons. The van der Waals surface area contributed by atoms with Gasteiger partial charge in [0.05, 0.1) is 12.2 Å². The minimum absolute atomic E-state index is 0.195. The number of carbonyl (C=O) groups is 1. The van der Waals surface area contributed by atoms with Crippen molar-refractivity contribution in [2.45, 2.75) is 20.4 Å². The van der Waals surface area contributed by atoms with Gasteiger partial charge in [0.2, 0.25) is 5.91 Å². The second-order valence-corrected chi connectivity index (χ2v) is 5.03. The minimum Gasteiger partial charge on any atom is -0.361 e. The zero-order chi connectivity index (χ0) is 15.4. The third-order valence-corrected chi connectivity index (χ3v) is 3.13. The van der Waals surface area contributed by atoms with E-state index in [-0.39, 0.29) is 18.3 Å². The van der Waals surface area contributed by atoms with Gasteiger partial charge in [0, 0.05) is 17.8 Å². The quantitative estimate of drug-likeness (QED) is 0.919.